The fourth-order valence-corrected chi connectivity index (χ4v) is 3.92. The molecule has 1 saturated heterocycles. The molecular formula is C22H22FN7O2. The number of aromatic nitrogens is 6. The number of rotatable bonds is 5. The van der Waals surface area contributed by atoms with Gasteiger partial charge in [-0.2, -0.15) is 5.10 Å². The van der Waals surface area contributed by atoms with Crippen molar-refractivity contribution >= 4 is 17.1 Å². The Morgan fingerprint density at radius 1 is 1.31 bits per heavy atom. The number of carbonyl (C=O) groups is 1. The van der Waals surface area contributed by atoms with Crippen molar-refractivity contribution in [1.29, 1.82) is 0 Å². The van der Waals surface area contributed by atoms with E-state index in [9.17, 15) is 9.18 Å². The van der Waals surface area contributed by atoms with Gasteiger partial charge in [0.05, 0.1) is 12.8 Å². The predicted molar refractivity (Wildman–Crippen MR) is 114 cm³/mol. The van der Waals surface area contributed by atoms with Crippen LogP contribution in [0.3, 0.4) is 0 Å². The summed E-state index contributed by atoms with van der Waals surface area (Å²) in [7, 11) is 1.80. The molecule has 4 aromatic rings. The van der Waals surface area contributed by atoms with Crippen LogP contribution in [0.5, 0.6) is 0 Å². The van der Waals surface area contributed by atoms with Crippen LogP contribution in [0.4, 0.5) is 4.39 Å². The Morgan fingerprint density at radius 3 is 3.00 bits per heavy atom. The zero-order valence-electron chi connectivity index (χ0n) is 17.5. The van der Waals surface area contributed by atoms with Gasteiger partial charge in [0.1, 0.15) is 23.5 Å². The van der Waals surface area contributed by atoms with Crippen molar-refractivity contribution in [2.45, 2.75) is 25.3 Å². The number of benzene rings is 1. The van der Waals surface area contributed by atoms with E-state index in [1.165, 1.54) is 18.5 Å². The van der Waals surface area contributed by atoms with E-state index in [4.69, 9.17) is 4.74 Å². The molecule has 0 spiro atoms. The van der Waals surface area contributed by atoms with Crippen LogP contribution in [0.1, 0.15) is 40.6 Å². The lowest BCUT2D eigenvalue weighted by Gasteiger charge is -2.19. The van der Waals surface area contributed by atoms with Crippen LogP contribution in [0.2, 0.25) is 0 Å². The smallest absolute Gasteiger partial charge is 0.272 e. The molecule has 1 aromatic carbocycles. The van der Waals surface area contributed by atoms with E-state index in [2.05, 4.69) is 30.4 Å². The summed E-state index contributed by atoms with van der Waals surface area (Å²) in [6.07, 6.45) is 6.73. The van der Waals surface area contributed by atoms with E-state index in [1.807, 2.05) is 12.3 Å². The number of aromatic amines is 1. The van der Waals surface area contributed by atoms with E-state index in [0.29, 0.717) is 28.9 Å². The molecule has 3 aromatic heterocycles. The van der Waals surface area contributed by atoms with Crippen LogP contribution in [0.15, 0.2) is 36.9 Å². The van der Waals surface area contributed by atoms with Gasteiger partial charge in [0.25, 0.3) is 5.91 Å². The fraction of sp³-hybridized carbons (Fsp3) is 0.318. The number of hydrogen-bond acceptors (Lipinski definition) is 6. The molecule has 1 amide bonds. The average molecular weight is 435 g/mol. The summed E-state index contributed by atoms with van der Waals surface area (Å²) in [4.78, 5) is 29.0. The van der Waals surface area contributed by atoms with Gasteiger partial charge >= 0.3 is 0 Å². The van der Waals surface area contributed by atoms with E-state index >= 15 is 0 Å². The summed E-state index contributed by atoms with van der Waals surface area (Å²) < 4.78 is 21.4. The third-order valence-corrected chi connectivity index (χ3v) is 5.52. The van der Waals surface area contributed by atoms with Crippen molar-refractivity contribution in [3.05, 3.63) is 59.8 Å². The lowest BCUT2D eigenvalue weighted by molar-refractivity contribution is 0.0784. The molecule has 1 aliphatic rings. The molecule has 4 heterocycles. The number of amides is 1. The molecule has 0 saturated carbocycles. The third-order valence-electron chi connectivity index (χ3n) is 5.52. The number of nitrogens with zero attached hydrogens (tertiary/aromatic N) is 5. The third kappa shape index (κ3) is 4.09. The molecule has 1 fully saturated rings. The second kappa shape index (κ2) is 8.46. The Bertz CT molecular complexity index is 1280. The first-order chi connectivity index (χ1) is 15.6. The van der Waals surface area contributed by atoms with E-state index in [0.717, 1.165) is 30.8 Å². The van der Waals surface area contributed by atoms with Crippen molar-refractivity contribution < 1.29 is 13.9 Å². The fourth-order valence-electron chi connectivity index (χ4n) is 3.92. The van der Waals surface area contributed by atoms with Crippen LogP contribution >= 0.6 is 0 Å². The molecule has 32 heavy (non-hydrogen) atoms. The second-order valence-corrected chi connectivity index (χ2v) is 7.89. The Kier molecular flexibility index (Phi) is 5.36. The van der Waals surface area contributed by atoms with Crippen molar-refractivity contribution in [3.63, 3.8) is 0 Å². The maximum absolute atomic E-state index is 14.2. The molecule has 1 aliphatic heterocycles. The molecule has 0 bridgehead atoms. The molecule has 0 radical (unpaired) electrons. The minimum atomic E-state index is -0.389. The normalized spacial score (nSPS) is 16.4. The van der Waals surface area contributed by atoms with E-state index in [-0.39, 0.29) is 29.9 Å². The molecular weight excluding hydrogens is 413 g/mol. The van der Waals surface area contributed by atoms with E-state index in [1.54, 1.807) is 17.9 Å². The van der Waals surface area contributed by atoms with Crippen molar-refractivity contribution in [1.82, 2.24) is 35.0 Å². The lowest BCUT2D eigenvalue weighted by atomic mass is 10.0. The number of nitrogens with one attached hydrogen (secondary N) is 2. The molecule has 10 heteroatoms. The number of halogens is 1. The minimum absolute atomic E-state index is 0.145. The van der Waals surface area contributed by atoms with Gasteiger partial charge in [-0.25, -0.2) is 19.3 Å². The number of aryl methyl sites for hydroxylation is 1. The molecule has 164 valence electrons. The monoisotopic (exact) mass is 435 g/mol. The molecule has 2 N–H and O–H groups in total. The number of fused-ring (bicyclic) bond motifs is 1. The first-order valence-electron chi connectivity index (χ1n) is 10.4. The Morgan fingerprint density at radius 2 is 2.22 bits per heavy atom. The van der Waals surface area contributed by atoms with Crippen LogP contribution in [-0.2, 0) is 18.3 Å². The quantitative estimate of drug-likeness (QED) is 0.499. The maximum Gasteiger partial charge on any atom is 0.272 e. The van der Waals surface area contributed by atoms with Gasteiger partial charge in [0, 0.05) is 37.9 Å². The van der Waals surface area contributed by atoms with Gasteiger partial charge in [-0.15, -0.1) is 0 Å². The summed E-state index contributed by atoms with van der Waals surface area (Å²) in [6.45, 7) is 1.49. The van der Waals surface area contributed by atoms with Gasteiger partial charge in [0.2, 0.25) is 0 Å². The largest absolute Gasteiger partial charge is 0.381 e. The predicted octanol–water partition coefficient (Wildman–Crippen LogP) is 2.72. The Hall–Kier alpha value is -3.66. The first-order valence-corrected chi connectivity index (χ1v) is 10.4. The van der Waals surface area contributed by atoms with Crippen molar-refractivity contribution in [2.75, 3.05) is 13.2 Å². The highest BCUT2D eigenvalue weighted by Crippen LogP contribution is 2.25. The van der Waals surface area contributed by atoms with Gasteiger partial charge < -0.3 is 15.0 Å². The van der Waals surface area contributed by atoms with Crippen molar-refractivity contribution in [2.24, 2.45) is 7.05 Å². The van der Waals surface area contributed by atoms with Gasteiger partial charge in [0.15, 0.2) is 11.3 Å². The average Bonchev–Trinajstić information content (AvgIpc) is 3.44. The van der Waals surface area contributed by atoms with Gasteiger partial charge in [-0.05, 0) is 42.2 Å². The highest BCUT2D eigenvalue weighted by molar-refractivity contribution is 6.02. The summed E-state index contributed by atoms with van der Waals surface area (Å²) in [6, 6.07) is 4.66. The molecule has 1 unspecified atom stereocenters. The number of hydrogen-bond donors (Lipinski definition) is 2. The SMILES string of the molecule is Cn1cc(-c2cc(F)cc(CNC(=O)c3ncnc4nc(C5CCCOC5)[nH]c34)c2)cn1. The van der Waals surface area contributed by atoms with Crippen LogP contribution < -0.4 is 5.32 Å². The Labute approximate surface area is 183 Å². The molecule has 5 rings (SSSR count). The summed E-state index contributed by atoms with van der Waals surface area (Å²) in [5, 5.41) is 6.94. The van der Waals surface area contributed by atoms with Crippen LogP contribution in [0, 0.1) is 5.82 Å². The van der Waals surface area contributed by atoms with Crippen LogP contribution in [-0.4, -0.2) is 48.8 Å². The Balaban J connectivity index is 1.35. The lowest BCUT2D eigenvalue weighted by Crippen LogP contribution is -2.24. The first kappa shape index (κ1) is 20.3. The van der Waals surface area contributed by atoms with Crippen LogP contribution in [0.25, 0.3) is 22.3 Å². The van der Waals surface area contributed by atoms with Gasteiger partial charge in [-0.1, -0.05) is 0 Å². The maximum atomic E-state index is 14.2. The zero-order chi connectivity index (χ0) is 22.1. The second-order valence-electron chi connectivity index (χ2n) is 7.89. The number of H-pyrrole nitrogens is 1. The summed E-state index contributed by atoms with van der Waals surface area (Å²) in [5.41, 5.74) is 3.26. The number of imidazole rings is 1. The summed E-state index contributed by atoms with van der Waals surface area (Å²) in [5.74, 6) is 0.125. The van der Waals surface area contributed by atoms with Crippen molar-refractivity contribution in [3.8, 4) is 11.1 Å². The standard InChI is InChI=1S/C22H22FN7O2/c1-30-10-16(9-27-30)15-5-13(6-17(23)7-15)8-24-22(31)19-18-21(26-12-25-19)29-20(28-18)14-3-2-4-32-11-14/h5-7,9-10,12,14H,2-4,8,11H2,1H3,(H,24,31)(H,25,26,28,29). The van der Waals surface area contributed by atoms with Gasteiger partial charge in [-0.3, -0.25) is 9.48 Å². The molecule has 1 atom stereocenters. The summed E-state index contributed by atoms with van der Waals surface area (Å²) >= 11 is 0. The van der Waals surface area contributed by atoms with E-state index < -0.39 is 0 Å². The minimum Gasteiger partial charge on any atom is -0.381 e. The molecule has 0 aliphatic carbocycles. The topological polar surface area (TPSA) is 111 Å². The number of carbonyl (C=O) groups excluding carboxylic acids is 1. The highest BCUT2D eigenvalue weighted by atomic mass is 19.1. The highest BCUT2D eigenvalue weighted by Gasteiger charge is 2.22. The molecule has 9 nitrogen and oxygen atoms in total. The number of ether oxygens (including phenoxy) is 1. The zero-order valence-corrected chi connectivity index (χ0v) is 17.5.